The number of nitrogens with zero attached hydrogens (tertiary/aromatic N) is 3. The fourth-order valence-corrected chi connectivity index (χ4v) is 1.88. The van der Waals surface area contributed by atoms with E-state index < -0.39 is 12.2 Å². The number of azide groups is 1. The van der Waals surface area contributed by atoms with Gasteiger partial charge in [0.25, 0.3) is 0 Å². The molecule has 2 atom stereocenters. The lowest BCUT2D eigenvalue weighted by Gasteiger charge is -2.17. The van der Waals surface area contributed by atoms with E-state index in [1.54, 1.807) is 0 Å². The normalized spacial score (nSPS) is 13.6. The number of aliphatic hydroxyl groups is 2. The molecule has 0 aliphatic heterocycles. The van der Waals surface area contributed by atoms with Crippen molar-refractivity contribution in [1.82, 2.24) is 0 Å². The van der Waals surface area contributed by atoms with Crippen LogP contribution in [0.15, 0.2) is 29.4 Å². The summed E-state index contributed by atoms with van der Waals surface area (Å²) in [7, 11) is 0. The Kier molecular flexibility index (Phi) is 6.97. The molecule has 19 heavy (non-hydrogen) atoms. The summed E-state index contributed by atoms with van der Waals surface area (Å²) in [5.74, 6) is 0. The number of aryl methyl sites for hydroxylation is 1. The van der Waals surface area contributed by atoms with E-state index in [1.165, 1.54) is 5.56 Å². The summed E-state index contributed by atoms with van der Waals surface area (Å²) < 4.78 is 0. The van der Waals surface area contributed by atoms with E-state index in [-0.39, 0.29) is 13.0 Å². The molecule has 0 aromatic heterocycles. The van der Waals surface area contributed by atoms with Crippen LogP contribution in [0.25, 0.3) is 10.4 Å². The van der Waals surface area contributed by atoms with Crippen LogP contribution >= 0.6 is 0 Å². The number of unbranched alkanes of at least 4 members (excludes halogenated alkanes) is 1. The standard InChI is InChI=1S/C14H21N3O2/c1-2-3-4-11-5-7-12(8-6-11)14(19)13(18)9-10-16-17-15/h5-8,13-14,18-19H,2-4,9-10H2,1H3. The van der Waals surface area contributed by atoms with Crippen molar-refractivity contribution in [2.75, 3.05) is 6.54 Å². The van der Waals surface area contributed by atoms with Crippen LogP contribution < -0.4 is 0 Å². The highest BCUT2D eigenvalue weighted by Gasteiger charge is 2.17. The highest BCUT2D eigenvalue weighted by Crippen LogP contribution is 2.20. The maximum absolute atomic E-state index is 9.97. The smallest absolute Gasteiger partial charge is 0.105 e. The highest BCUT2D eigenvalue weighted by molar-refractivity contribution is 5.24. The third-order valence-corrected chi connectivity index (χ3v) is 3.09. The van der Waals surface area contributed by atoms with Gasteiger partial charge >= 0.3 is 0 Å². The maximum atomic E-state index is 9.97. The molecule has 0 spiro atoms. The van der Waals surface area contributed by atoms with Crippen molar-refractivity contribution in [3.63, 3.8) is 0 Å². The maximum Gasteiger partial charge on any atom is 0.105 e. The molecule has 5 heteroatoms. The van der Waals surface area contributed by atoms with Gasteiger partial charge in [0.15, 0.2) is 0 Å². The molecule has 5 nitrogen and oxygen atoms in total. The van der Waals surface area contributed by atoms with Gasteiger partial charge in [0.2, 0.25) is 0 Å². The number of benzene rings is 1. The zero-order chi connectivity index (χ0) is 14.1. The Labute approximate surface area is 113 Å². The van der Waals surface area contributed by atoms with Crippen LogP contribution in [-0.4, -0.2) is 22.9 Å². The number of rotatable bonds is 8. The average molecular weight is 263 g/mol. The van der Waals surface area contributed by atoms with Gasteiger partial charge in [-0.25, -0.2) is 0 Å². The third kappa shape index (κ3) is 5.30. The number of aliphatic hydroxyl groups excluding tert-OH is 2. The lowest BCUT2D eigenvalue weighted by molar-refractivity contribution is 0.0150. The first-order chi connectivity index (χ1) is 9.19. The van der Waals surface area contributed by atoms with E-state index in [1.807, 2.05) is 24.3 Å². The van der Waals surface area contributed by atoms with E-state index in [2.05, 4.69) is 16.9 Å². The van der Waals surface area contributed by atoms with Gasteiger partial charge in [0, 0.05) is 11.5 Å². The van der Waals surface area contributed by atoms with Gasteiger partial charge in [-0.15, -0.1) is 0 Å². The summed E-state index contributed by atoms with van der Waals surface area (Å²) in [6.45, 7) is 2.33. The van der Waals surface area contributed by atoms with Crippen LogP contribution in [0.2, 0.25) is 0 Å². The van der Waals surface area contributed by atoms with Gasteiger partial charge in [0.1, 0.15) is 6.10 Å². The molecule has 104 valence electrons. The van der Waals surface area contributed by atoms with Crippen molar-refractivity contribution >= 4 is 0 Å². The molecule has 2 unspecified atom stereocenters. The zero-order valence-electron chi connectivity index (χ0n) is 11.2. The first-order valence-electron chi connectivity index (χ1n) is 6.64. The summed E-state index contributed by atoms with van der Waals surface area (Å²) in [6, 6.07) is 7.64. The zero-order valence-corrected chi connectivity index (χ0v) is 11.2. The minimum Gasteiger partial charge on any atom is -0.390 e. The van der Waals surface area contributed by atoms with Gasteiger partial charge < -0.3 is 10.2 Å². The lowest BCUT2D eigenvalue weighted by atomic mass is 9.99. The molecular weight excluding hydrogens is 242 g/mol. The van der Waals surface area contributed by atoms with Crippen molar-refractivity contribution in [3.05, 3.63) is 45.8 Å². The monoisotopic (exact) mass is 263 g/mol. The molecule has 0 aliphatic carbocycles. The second-order valence-electron chi connectivity index (χ2n) is 4.60. The molecule has 2 N–H and O–H groups in total. The second-order valence-corrected chi connectivity index (χ2v) is 4.60. The van der Waals surface area contributed by atoms with E-state index >= 15 is 0 Å². The Balaban J connectivity index is 2.56. The van der Waals surface area contributed by atoms with Crippen LogP contribution in [0, 0.1) is 0 Å². The van der Waals surface area contributed by atoms with E-state index in [0.717, 1.165) is 19.3 Å². The Morgan fingerprint density at radius 2 is 1.95 bits per heavy atom. The predicted octanol–water partition coefficient (Wildman–Crippen LogP) is 3.12. The van der Waals surface area contributed by atoms with Gasteiger partial charge in [-0.2, -0.15) is 0 Å². The summed E-state index contributed by atoms with van der Waals surface area (Å²) in [5, 5.41) is 23.1. The fraction of sp³-hybridized carbons (Fsp3) is 0.571. The van der Waals surface area contributed by atoms with Crippen LogP contribution in [0.5, 0.6) is 0 Å². The molecule has 0 heterocycles. The number of hydrogen-bond acceptors (Lipinski definition) is 3. The van der Waals surface area contributed by atoms with Crippen LogP contribution in [-0.2, 0) is 6.42 Å². The Hall–Kier alpha value is -1.55. The summed E-state index contributed by atoms with van der Waals surface area (Å²) in [4.78, 5) is 2.61. The Morgan fingerprint density at radius 3 is 2.53 bits per heavy atom. The minimum absolute atomic E-state index is 0.184. The first-order valence-corrected chi connectivity index (χ1v) is 6.64. The molecule has 0 bridgehead atoms. The highest BCUT2D eigenvalue weighted by atomic mass is 16.3. The molecule has 0 saturated heterocycles. The van der Waals surface area contributed by atoms with E-state index in [4.69, 9.17) is 5.53 Å². The molecule has 0 aliphatic rings. The topological polar surface area (TPSA) is 89.2 Å². The van der Waals surface area contributed by atoms with Gasteiger partial charge in [-0.3, -0.25) is 0 Å². The van der Waals surface area contributed by atoms with Crippen LogP contribution in [0.3, 0.4) is 0 Å². The molecular formula is C14H21N3O2. The van der Waals surface area contributed by atoms with Crippen LogP contribution in [0.4, 0.5) is 0 Å². The quantitative estimate of drug-likeness (QED) is 0.428. The van der Waals surface area contributed by atoms with E-state index in [0.29, 0.717) is 5.56 Å². The molecule has 0 radical (unpaired) electrons. The van der Waals surface area contributed by atoms with Crippen molar-refractivity contribution in [2.45, 2.75) is 44.8 Å². The van der Waals surface area contributed by atoms with Crippen molar-refractivity contribution in [1.29, 1.82) is 0 Å². The summed E-state index contributed by atoms with van der Waals surface area (Å²) >= 11 is 0. The summed E-state index contributed by atoms with van der Waals surface area (Å²) in [5.41, 5.74) is 10.1. The third-order valence-electron chi connectivity index (χ3n) is 3.09. The van der Waals surface area contributed by atoms with Gasteiger partial charge in [-0.1, -0.05) is 42.7 Å². The summed E-state index contributed by atoms with van der Waals surface area (Å²) in [6.07, 6.45) is 1.75. The molecule has 1 aromatic carbocycles. The van der Waals surface area contributed by atoms with Gasteiger partial charge in [0.05, 0.1) is 6.10 Å². The average Bonchev–Trinajstić information content (AvgIpc) is 2.45. The Morgan fingerprint density at radius 1 is 1.26 bits per heavy atom. The number of hydrogen-bond donors (Lipinski definition) is 2. The van der Waals surface area contributed by atoms with Crippen molar-refractivity contribution in [2.24, 2.45) is 5.11 Å². The van der Waals surface area contributed by atoms with Crippen molar-refractivity contribution in [3.8, 4) is 0 Å². The largest absolute Gasteiger partial charge is 0.390 e. The predicted molar refractivity (Wildman–Crippen MR) is 74.7 cm³/mol. The van der Waals surface area contributed by atoms with Crippen molar-refractivity contribution < 1.29 is 10.2 Å². The SMILES string of the molecule is CCCCc1ccc(C(O)C(O)CCN=[N+]=[N-])cc1. The fourth-order valence-electron chi connectivity index (χ4n) is 1.88. The minimum atomic E-state index is -0.936. The Bertz CT molecular complexity index is 413. The first kappa shape index (κ1) is 15.5. The molecule has 0 saturated carbocycles. The molecule has 1 aromatic rings. The molecule has 0 amide bonds. The second kappa shape index (κ2) is 8.53. The molecule has 1 rings (SSSR count). The van der Waals surface area contributed by atoms with Gasteiger partial charge in [-0.05, 0) is 35.9 Å². The van der Waals surface area contributed by atoms with Crippen LogP contribution in [0.1, 0.15) is 43.4 Å². The molecule has 0 fully saturated rings. The lowest BCUT2D eigenvalue weighted by Crippen LogP contribution is -2.19. The van der Waals surface area contributed by atoms with E-state index in [9.17, 15) is 10.2 Å².